The first-order valence-electron chi connectivity index (χ1n) is 9.88. The molecule has 2 aromatic carbocycles. The highest BCUT2D eigenvalue weighted by Gasteiger charge is 2.12. The van der Waals surface area contributed by atoms with E-state index in [1.807, 2.05) is 25.2 Å². The second kappa shape index (κ2) is 8.66. The zero-order valence-electron chi connectivity index (χ0n) is 17.1. The van der Waals surface area contributed by atoms with Gasteiger partial charge in [0, 0.05) is 24.1 Å². The number of hydrogen-bond donors (Lipinski definition) is 4. The van der Waals surface area contributed by atoms with E-state index in [0.29, 0.717) is 29.4 Å². The van der Waals surface area contributed by atoms with Crippen molar-refractivity contribution < 1.29 is 9.53 Å². The van der Waals surface area contributed by atoms with Crippen LogP contribution < -0.4 is 27.1 Å². The average molecular weight is 416 g/mol. The quantitative estimate of drug-likeness (QED) is 0.206. The normalized spacial score (nSPS) is 10.7. The molecule has 2 aromatic heterocycles. The molecule has 31 heavy (non-hydrogen) atoms. The molecule has 4 aromatic rings. The topological polar surface area (TPSA) is 120 Å². The number of rotatable bonds is 7. The van der Waals surface area contributed by atoms with Crippen LogP contribution in [-0.4, -0.2) is 15.5 Å². The molecule has 4 rings (SSSR count). The number of hydrazine groups is 1. The number of aryl methyl sites for hydroxylation is 2. The van der Waals surface area contributed by atoms with Gasteiger partial charge in [-0.05, 0) is 42.3 Å². The molecule has 6 N–H and O–H groups in total. The molecule has 0 spiro atoms. The fourth-order valence-corrected chi connectivity index (χ4v) is 3.43. The molecule has 0 saturated heterocycles. The summed E-state index contributed by atoms with van der Waals surface area (Å²) in [7, 11) is 2.00. The van der Waals surface area contributed by atoms with Crippen molar-refractivity contribution >= 4 is 39.9 Å². The highest BCUT2D eigenvalue weighted by molar-refractivity contribution is 5.84. The maximum absolute atomic E-state index is 12.5. The van der Waals surface area contributed by atoms with Crippen LogP contribution in [0.4, 0.5) is 23.0 Å². The summed E-state index contributed by atoms with van der Waals surface area (Å²) >= 11 is 0. The van der Waals surface area contributed by atoms with Crippen LogP contribution >= 0.6 is 0 Å². The number of benzene rings is 2. The van der Waals surface area contributed by atoms with E-state index < -0.39 is 0 Å². The monoisotopic (exact) mass is 416 g/mol. The van der Waals surface area contributed by atoms with E-state index in [1.165, 1.54) is 0 Å². The number of carbonyl (C=O) groups excluding carboxylic acids is 1. The Bertz CT molecular complexity index is 1230. The molecule has 8 heteroatoms. The van der Waals surface area contributed by atoms with Crippen molar-refractivity contribution in [2.24, 2.45) is 7.05 Å². The third kappa shape index (κ3) is 4.53. The predicted molar refractivity (Wildman–Crippen MR) is 124 cm³/mol. The Balaban J connectivity index is 1.40. The van der Waals surface area contributed by atoms with Crippen molar-refractivity contribution in [1.29, 1.82) is 0 Å². The third-order valence-electron chi connectivity index (χ3n) is 4.97. The van der Waals surface area contributed by atoms with Crippen LogP contribution in [0, 0.1) is 0 Å². The number of pyridine rings is 1. The highest BCUT2D eigenvalue weighted by atomic mass is 16.5. The molecule has 0 aliphatic rings. The van der Waals surface area contributed by atoms with Gasteiger partial charge in [-0.25, -0.2) is 4.98 Å². The fourth-order valence-electron chi connectivity index (χ4n) is 3.43. The molecule has 0 aliphatic carbocycles. The Kier molecular flexibility index (Phi) is 5.61. The molecule has 0 bridgehead atoms. The van der Waals surface area contributed by atoms with E-state index >= 15 is 0 Å². The van der Waals surface area contributed by atoms with E-state index in [9.17, 15) is 4.79 Å². The first-order chi connectivity index (χ1) is 15.0. The minimum atomic E-state index is -0.309. The van der Waals surface area contributed by atoms with Gasteiger partial charge in [0.15, 0.2) is 11.6 Å². The predicted octanol–water partition coefficient (Wildman–Crippen LogP) is 3.71. The average Bonchev–Trinajstić information content (AvgIpc) is 3.08. The molecule has 0 unspecified atom stereocenters. The lowest BCUT2D eigenvalue weighted by molar-refractivity contribution is -0.134. The number of nitrogens with zero attached hydrogens (tertiary/aromatic N) is 2. The largest absolute Gasteiger partial charge is 0.424 e. The minimum Gasteiger partial charge on any atom is -0.424 e. The Morgan fingerprint density at radius 2 is 1.74 bits per heavy atom. The number of nitrogen functional groups attached to an aromatic ring is 2. The van der Waals surface area contributed by atoms with Crippen molar-refractivity contribution in [3.63, 3.8) is 0 Å². The fraction of sp³-hybridized carbons (Fsp3) is 0.130. The van der Waals surface area contributed by atoms with Gasteiger partial charge in [-0.3, -0.25) is 15.6 Å². The van der Waals surface area contributed by atoms with Crippen LogP contribution in [0.3, 0.4) is 0 Å². The number of ether oxygens (including phenoxy) is 1. The zero-order chi connectivity index (χ0) is 21.8. The molecule has 0 aliphatic heterocycles. The van der Waals surface area contributed by atoms with Gasteiger partial charge in [-0.2, -0.15) is 0 Å². The first-order valence-corrected chi connectivity index (χ1v) is 9.88. The second-order valence-electron chi connectivity index (χ2n) is 7.17. The van der Waals surface area contributed by atoms with Crippen molar-refractivity contribution in [3.8, 4) is 5.75 Å². The summed E-state index contributed by atoms with van der Waals surface area (Å²) in [5.74, 6) is 0.705. The second-order valence-corrected chi connectivity index (χ2v) is 7.17. The number of hydrogen-bond acceptors (Lipinski definition) is 7. The summed E-state index contributed by atoms with van der Waals surface area (Å²) < 4.78 is 7.68. The number of fused-ring (bicyclic) bond motifs is 1. The van der Waals surface area contributed by atoms with Crippen molar-refractivity contribution in [2.75, 3.05) is 22.3 Å². The van der Waals surface area contributed by atoms with Gasteiger partial charge in [0.1, 0.15) is 5.82 Å². The lowest BCUT2D eigenvalue weighted by atomic mass is 10.1. The Morgan fingerprint density at radius 1 is 1.00 bits per heavy atom. The summed E-state index contributed by atoms with van der Waals surface area (Å²) in [6.45, 7) is 0. The molecular weight excluding hydrogens is 392 g/mol. The third-order valence-corrected chi connectivity index (χ3v) is 4.97. The zero-order valence-corrected chi connectivity index (χ0v) is 17.1. The summed E-state index contributed by atoms with van der Waals surface area (Å²) in [5.41, 5.74) is 20.9. The first kappa shape index (κ1) is 20.1. The van der Waals surface area contributed by atoms with Gasteiger partial charge >= 0.3 is 5.97 Å². The summed E-state index contributed by atoms with van der Waals surface area (Å²) in [5, 5.41) is 1.15. The molecule has 8 nitrogen and oxygen atoms in total. The Morgan fingerprint density at radius 3 is 2.58 bits per heavy atom. The number of carbonyl (C=O) groups is 1. The van der Waals surface area contributed by atoms with Crippen LogP contribution in [0.5, 0.6) is 5.75 Å². The van der Waals surface area contributed by atoms with E-state index in [0.717, 1.165) is 16.5 Å². The molecule has 158 valence electrons. The summed E-state index contributed by atoms with van der Waals surface area (Å²) in [6.07, 6.45) is 2.93. The molecule has 0 radical (unpaired) electrons. The minimum absolute atomic E-state index is 0.261. The molecule has 2 heterocycles. The molecule has 0 amide bonds. The van der Waals surface area contributed by atoms with Crippen LogP contribution in [0.2, 0.25) is 0 Å². The van der Waals surface area contributed by atoms with Crippen molar-refractivity contribution in [3.05, 3.63) is 72.4 Å². The molecule has 0 fully saturated rings. The highest BCUT2D eigenvalue weighted by Crippen LogP contribution is 2.26. The number of anilines is 4. The number of nitrogens with two attached hydrogens (primary N) is 2. The number of esters is 1. The van der Waals surface area contributed by atoms with E-state index in [2.05, 4.69) is 38.7 Å². The smallest absolute Gasteiger partial charge is 0.311 e. The standard InChI is InChI=1S/C23H24N6O2/c1-29-14-15(16-6-2-4-8-19(16)29)10-13-22(30)31-20-9-5-3-7-17(20)27-28-18-11-12-21(24)26-23(18)25/h2-9,11-12,14,27-28H,10,13H2,1H3,(H4,24,25,26). The maximum Gasteiger partial charge on any atom is 0.311 e. The van der Waals surface area contributed by atoms with E-state index in [1.54, 1.807) is 30.3 Å². The van der Waals surface area contributed by atoms with Crippen LogP contribution in [0.15, 0.2) is 66.9 Å². The van der Waals surface area contributed by atoms with Crippen LogP contribution in [0.1, 0.15) is 12.0 Å². The van der Waals surface area contributed by atoms with Gasteiger partial charge in [-0.15, -0.1) is 0 Å². The lowest BCUT2D eigenvalue weighted by Gasteiger charge is -2.14. The number of para-hydroxylation sites is 3. The molecular formula is C23H24N6O2. The van der Waals surface area contributed by atoms with Crippen LogP contribution in [0.25, 0.3) is 10.9 Å². The number of nitrogens with one attached hydrogen (secondary N) is 2. The van der Waals surface area contributed by atoms with E-state index in [-0.39, 0.29) is 18.2 Å². The number of aromatic nitrogens is 2. The van der Waals surface area contributed by atoms with Gasteiger partial charge in [-0.1, -0.05) is 30.3 Å². The Hall–Kier alpha value is -4.20. The van der Waals surface area contributed by atoms with Gasteiger partial charge in [0.2, 0.25) is 0 Å². The lowest BCUT2D eigenvalue weighted by Crippen LogP contribution is -2.14. The maximum atomic E-state index is 12.5. The van der Waals surface area contributed by atoms with Gasteiger partial charge < -0.3 is 20.8 Å². The van der Waals surface area contributed by atoms with Crippen molar-refractivity contribution in [1.82, 2.24) is 9.55 Å². The molecule has 0 atom stereocenters. The summed E-state index contributed by atoms with van der Waals surface area (Å²) in [6, 6.07) is 18.7. The van der Waals surface area contributed by atoms with Gasteiger partial charge in [0.05, 0.1) is 17.8 Å². The SMILES string of the molecule is Cn1cc(CCC(=O)Oc2ccccc2NNc2ccc(N)nc2N)c2ccccc21. The van der Waals surface area contributed by atoms with Crippen molar-refractivity contribution in [2.45, 2.75) is 12.8 Å². The Labute approximate surface area is 179 Å². The molecule has 0 saturated carbocycles. The van der Waals surface area contributed by atoms with Gasteiger partial charge in [0.25, 0.3) is 0 Å². The summed E-state index contributed by atoms with van der Waals surface area (Å²) in [4.78, 5) is 16.5. The van der Waals surface area contributed by atoms with E-state index in [4.69, 9.17) is 16.2 Å². The van der Waals surface area contributed by atoms with Crippen LogP contribution in [-0.2, 0) is 18.3 Å².